The summed E-state index contributed by atoms with van der Waals surface area (Å²) in [4.78, 5) is 0. The van der Waals surface area contributed by atoms with E-state index in [0.717, 1.165) is 17.3 Å². The molecule has 1 saturated carbocycles. The maximum absolute atomic E-state index is 4.52. The summed E-state index contributed by atoms with van der Waals surface area (Å²) in [6, 6.07) is 4.53. The molecule has 84 valence electrons. The van der Waals surface area contributed by atoms with Crippen LogP contribution in [0.25, 0.3) is 5.65 Å². The van der Waals surface area contributed by atoms with Crippen LogP contribution in [-0.2, 0) is 0 Å². The van der Waals surface area contributed by atoms with Crippen LogP contribution in [0.5, 0.6) is 0 Å². The van der Waals surface area contributed by atoms with Gasteiger partial charge in [0.15, 0.2) is 11.5 Å². The van der Waals surface area contributed by atoms with E-state index in [4.69, 9.17) is 0 Å². The topological polar surface area (TPSA) is 55.1 Å². The Hall–Kier alpha value is -1.65. The summed E-state index contributed by atoms with van der Waals surface area (Å²) in [6.45, 7) is 4.19. The van der Waals surface area contributed by atoms with Gasteiger partial charge < -0.3 is 5.32 Å². The van der Waals surface area contributed by atoms with Gasteiger partial charge in [0.2, 0.25) is 0 Å². The molecule has 5 heteroatoms. The number of nitrogens with zero attached hydrogens (tertiary/aromatic N) is 4. The van der Waals surface area contributed by atoms with Crippen molar-refractivity contribution < 1.29 is 0 Å². The zero-order valence-corrected chi connectivity index (χ0v) is 9.51. The van der Waals surface area contributed by atoms with Gasteiger partial charge in [-0.3, -0.25) is 0 Å². The molecule has 0 atom stereocenters. The number of aromatic nitrogens is 4. The average Bonchev–Trinajstić information content (AvgIpc) is 2.96. The SMILES string of the molecule is CC(C)c1nnc2ccc(NC3CC3)nn12. The highest BCUT2D eigenvalue weighted by Gasteiger charge is 2.21. The minimum atomic E-state index is 0.332. The second-order valence-corrected chi connectivity index (χ2v) is 4.62. The molecule has 2 aromatic rings. The van der Waals surface area contributed by atoms with Crippen molar-refractivity contribution in [1.29, 1.82) is 0 Å². The van der Waals surface area contributed by atoms with Crippen LogP contribution in [0.15, 0.2) is 12.1 Å². The molecule has 1 fully saturated rings. The Morgan fingerprint density at radius 3 is 2.81 bits per heavy atom. The van der Waals surface area contributed by atoms with Gasteiger partial charge >= 0.3 is 0 Å². The van der Waals surface area contributed by atoms with E-state index in [1.165, 1.54) is 12.8 Å². The highest BCUT2D eigenvalue weighted by molar-refractivity contribution is 5.45. The Balaban J connectivity index is 2.02. The Morgan fingerprint density at radius 1 is 1.31 bits per heavy atom. The van der Waals surface area contributed by atoms with Gasteiger partial charge in [-0.25, -0.2) is 0 Å². The van der Waals surface area contributed by atoms with E-state index in [1.807, 2.05) is 16.6 Å². The van der Waals surface area contributed by atoms with Crippen LogP contribution in [0, 0.1) is 0 Å². The van der Waals surface area contributed by atoms with Crippen molar-refractivity contribution in [3.05, 3.63) is 18.0 Å². The van der Waals surface area contributed by atoms with Crippen molar-refractivity contribution in [3.8, 4) is 0 Å². The van der Waals surface area contributed by atoms with E-state index in [-0.39, 0.29) is 0 Å². The number of hydrogen-bond acceptors (Lipinski definition) is 4. The Kier molecular flexibility index (Phi) is 2.05. The predicted molar refractivity (Wildman–Crippen MR) is 61.5 cm³/mol. The maximum atomic E-state index is 4.52. The second kappa shape index (κ2) is 3.43. The number of rotatable bonds is 3. The molecule has 1 N–H and O–H groups in total. The second-order valence-electron chi connectivity index (χ2n) is 4.62. The van der Waals surface area contributed by atoms with Gasteiger partial charge in [0, 0.05) is 12.0 Å². The lowest BCUT2D eigenvalue weighted by atomic mass is 10.2. The van der Waals surface area contributed by atoms with E-state index >= 15 is 0 Å². The van der Waals surface area contributed by atoms with Crippen molar-refractivity contribution in [2.75, 3.05) is 5.32 Å². The van der Waals surface area contributed by atoms with E-state index in [0.29, 0.717) is 12.0 Å². The predicted octanol–water partition coefficient (Wildman–Crippen LogP) is 1.82. The van der Waals surface area contributed by atoms with Gasteiger partial charge in [-0.2, -0.15) is 4.52 Å². The lowest BCUT2D eigenvalue weighted by molar-refractivity contribution is 0.721. The summed E-state index contributed by atoms with van der Waals surface area (Å²) in [6.07, 6.45) is 2.50. The van der Waals surface area contributed by atoms with Crippen LogP contribution >= 0.6 is 0 Å². The molecule has 0 aromatic carbocycles. The molecule has 1 aliphatic carbocycles. The molecule has 0 amide bonds. The third kappa shape index (κ3) is 1.62. The van der Waals surface area contributed by atoms with Crippen molar-refractivity contribution >= 4 is 11.5 Å². The molecule has 2 aromatic heterocycles. The first-order valence-electron chi connectivity index (χ1n) is 5.73. The highest BCUT2D eigenvalue weighted by Crippen LogP contribution is 2.23. The van der Waals surface area contributed by atoms with Crippen LogP contribution in [0.2, 0.25) is 0 Å². The first kappa shape index (κ1) is 9.57. The third-order valence-electron chi connectivity index (χ3n) is 2.73. The largest absolute Gasteiger partial charge is 0.366 e. The minimum absolute atomic E-state index is 0.332. The molecule has 2 heterocycles. The molecular formula is C11H15N5. The van der Waals surface area contributed by atoms with Crippen LogP contribution in [-0.4, -0.2) is 25.9 Å². The smallest absolute Gasteiger partial charge is 0.178 e. The molecular weight excluding hydrogens is 202 g/mol. The van der Waals surface area contributed by atoms with Crippen LogP contribution in [0.4, 0.5) is 5.82 Å². The minimum Gasteiger partial charge on any atom is -0.366 e. The molecule has 0 spiro atoms. The van der Waals surface area contributed by atoms with E-state index < -0.39 is 0 Å². The average molecular weight is 217 g/mol. The summed E-state index contributed by atoms with van der Waals surface area (Å²) in [5, 5.41) is 16.1. The van der Waals surface area contributed by atoms with Gasteiger partial charge in [-0.15, -0.1) is 15.3 Å². The molecule has 1 aliphatic rings. The first-order chi connectivity index (χ1) is 7.74. The van der Waals surface area contributed by atoms with Gasteiger partial charge in [0.05, 0.1) is 0 Å². The van der Waals surface area contributed by atoms with Gasteiger partial charge in [-0.05, 0) is 25.0 Å². The fourth-order valence-electron chi connectivity index (χ4n) is 1.68. The van der Waals surface area contributed by atoms with Gasteiger partial charge in [0.25, 0.3) is 0 Å². The number of hydrogen-bond donors (Lipinski definition) is 1. The van der Waals surface area contributed by atoms with E-state index in [1.54, 1.807) is 0 Å². The van der Waals surface area contributed by atoms with Crippen molar-refractivity contribution in [2.24, 2.45) is 0 Å². The first-order valence-corrected chi connectivity index (χ1v) is 5.73. The summed E-state index contributed by atoms with van der Waals surface area (Å²) in [7, 11) is 0. The van der Waals surface area contributed by atoms with Crippen molar-refractivity contribution in [2.45, 2.75) is 38.6 Å². The van der Waals surface area contributed by atoms with E-state index in [2.05, 4.69) is 34.5 Å². The monoisotopic (exact) mass is 217 g/mol. The standard InChI is InChI=1S/C11H15N5/c1-7(2)11-14-13-10-6-5-9(15-16(10)11)12-8-3-4-8/h5-8H,3-4H2,1-2H3,(H,12,15). The molecule has 5 nitrogen and oxygen atoms in total. The highest BCUT2D eigenvalue weighted by atomic mass is 15.4. The fraction of sp³-hybridized carbons (Fsp3) is 0.545. The summed E-state index contributed by atoms with van der Waals surface area (Å²) in [5.74, 6) is 2.16. The molecule has 0 unspecified atom stereocenters. The Bertz CT molecular complexity index is 512. The molecule has 0 saturated heterocycles. The molecule has 16 heavy (non-hydrogen) atoms. The maximum Gasteiger partial charge on any atom is 0.178 e. The number of nitrogens with one attached hydrogen (secondary N) is 1. The van der Waals surface area contributed by atoms with Crippen LogP contribution in [0.3, 0.4) is 0 Å². The van der Waals surface area contributed by atoms with Gasteiger partial charge in [-0.1, -0.05) is 13.8 Å². The lowest BCUT2D eigenvalue weighted by Gasteiger charge is -2.05. The van der Waals surface area contributed by atoms with Crippen LogP contribution in [0.1, 0.15) is 38.4 Å². The zero-order chi connectivity index (χ0) is 11.1. The molecule has 0 radical (unpaired) electrons. The van der Waals surface area contributed by atoms with Crippen LogP contribution < -0.4 is 5.32 Å². The molecule has 0 bridgehead atoms. The molecule has 0 aliphatic heterocycles. The number of fused-ring (bicyclic) bond motifs is 1. The van der Waals surface area contributed by atoms with E-state index in [9.17, 15) is 0 Å². The van der Waals surface area contributed by atoms with Crippen molar-refractivity contribution in [3.63, 3.8) is 0 Å². The molecule has 3 rings (SSSR count). The summed E-state index contributed by atoms with van der Waals surface area (Å²) >= 11 is 0. The zero-order valence-electron chi connectivity index (χ0n) is 9.51. The Morgan fingerprint density at radius 2 is 2.12 bits per heavy atom. The lowest BCUT2D eigenvalue weighted by Crippen LogP contribution is -2.07. The summed E-state index contributed by atoms with van der Waals surface area (Å²) < 4.78 is 1.83. The summed E-state index contributed by atoms with van der Waals surface area (Å²) in [5.41, 5.74) is 0.810. The Labute approximate surface area is 93.9 Å². The quantitative estimate of drug-likeness (QED) is 0.852. The van der Waals surface area contributed by atoms with Gasteiger partial charge in [0.1, 0.15) is 5.82 Å². The fourth-order valence-corrected chi connectivity index (χ4v) is 1.68. The van der Waals surface area contributed by atoms with Crippen molar-refractivity contribution in [1.82, 2.24) is 19.8 Å². The normalized spacial score (nSPS) is 15.9. The third-order valence-corrected chi connectivity index (χ3v) is 2.73. The number of anilines is 1.